The normalized spacial score (nSPS) is 10.4. The molecule has 136 valence electrons. The van der Waals surface area contributed by atoms with E-state index < -0.39 is 0 Å². The number of anilines is 1. The van der Waals surface area contributed by atoms with Crippen molar-refractivity contribution < 1.29 is 4.74 Å². The summed E-state index contributed by atoms with van der Waals surface area (Å²) in [6.45, 7) is 4.73. The predicted octanol–water partition coefficient (Wildman–Crippen LogP) is 5.22. The molecule has 1 aromatic heterocycles. The Morgan fingerprint density at radius 3 is 2.26 bits per heavy atom. The van der Waals surface area contributed by atoms with E-state index in [1.165, 1.54) is 5.56 Å². The van der Waals surface area contributed by atoms with Gasteiger partial charge in [-0.3, -0.25) is 0 Å². The molecule has 27 heavy (non-hydrogen) atoms. The van der Waals surface area contributed by atoms with Crippen molar-refractivity contribution in [3.63, 3.8) is 0 Å². The van der Waals surface area contributed by atoms with Gasteiger partial charge in [0.2, 0.25) is 0 Å². The maximum atomic E-state index is 9.56. The number of nitrogen functional groups attached to an aromatic ring is 1. The lowest BCUT2D eigenvalue weighted by Crippen LogP contribution is -2.00. The zero-order chi connectivity index (χ0) is 19.2. The molecule has 0 atom stereocenters. The number of ether oxygens (including phenoxy) is 1. The second kappa shape index (κ2) is 8.37. The Hall–Kier alpha value is -3.32. The minimum absolute atomic E-state index is 0.247. The SMILES string of the molecule is CCCc1ccc(-c2cc(-c3ccc(OCC)cc3)c(C#N)c(N)n2)cc1. The number of nitrogens with zero attached hydrogens (tertiary/aromatic N) is 2. The molecule has 0 saturated heterocycles. The molecular formula is C23H23N3O. The van der Waals surface area contributed by atoms with Gasteiger partial charge in [0.1, 0.15) is 23.2 Å². The number of hydrogen-bond donors (Lipinski definition) is 1. The first-order valence-corrected chi connectivity index (χ1v) is 9.19. The number of benzene rings is 2. The van der Waals surface area contributed by atoms with Gasteiger partial charge in [-0.2, -0.15) is 5.26 Å². The molecule has 2 N–H and O–H groups in total. The fourth-order valence-corrected chi connectivity index (χ4v) is 3.09. The first kappa shape index (κ1) is 18.5. The average Bonchev–Trinajstić information content (AvgIpc) is 2.69. The van der Waals surface area contributed by atoms with Crippen molar-refractivity contribution in [2.45, 2.75) is 26.7 Å². The molecule has 0 aliphatic heterocycles. The molecule has 3 aromatic rings. The lowest BCUT2D eigenvalue weighted by atomic mass is 9.98. The Labute approximate surface area is 160 Å². The molecule has 0 fully saturated rings. The van der Waals surface area contributed by atoms with Crippen molar-refractivity contribution >= 4 is 5.82 Å². The molecule has 0 aliphatic rings. The van der Waals surface area contributed by atoms with Crippen molar-refractivity contribution in [2.75, 3.05) is 12.3 Å². The summed E-state index contributed by atoms with van der Waals surface area (Å²) >= 11 is 0. The molecule has 2 aromatic carbocycles. The first-order chi connectivity index (χ1) is 13.2. The topological polar surface area (TPSA) is 71.9 Å². The summed E-state index contributed by atoms with van der Waals surface area (Å²) < 4.78 is 5.50. The molecule has 0 bridgehead atoms. The molecule has 0 amide bonds. The van der Waals surface area contributed by atoms with E-state index in [9.17, 15) is 5.26 Å². The smallest absolute Gasteiger partial charge is 0.142 e. The Bertz CT molecular complexity index is 955. The monoisotopic (exact) mass is 357 g/mol. The van der Waals surface area contributed by atoms with Gasteiger partial charge in [-0.1, -0.05) is 49.7 Å². The Morgan fingerprint density at radius 2 is 1.67 bits per heavy atom. The fraction of sp³-hybridized carbons (Fsp3) is 0.217. The molecule has 4 heteroatoms. The van der Waals surface area contributed by atoms with Crippen LogP contribution in [0.5, 0.6) is 5.75 Å². The lowest BCUT2D eigenvalue weighted by Gasteiger charge is -2.11. The minimum Gasteiger partial charge on any atom is -0.494 e. The van der Waals surface area contributed by atoms with E-state index in [4.69, 9.17) is 10.5 Å². The average molecular weight is 357 g/mol. The number of hydrogen-bond acceptors (Lipinski definition) is 4. The van der Waals surface area contributed by atoms with Crippen LogP contribution in [-0.2, 0) is 6.42 Å². The third-order valence-corrected chi connectivity index (χ3v) is 4.42. The number of pyridine rings is 1. The number of nitriles is 1. The third kappa shape index (κ3) is 4.09. The first-order valence-electron chi connectivity index (χ1n) is 9.19. The van der Waals surface area contributed by atoms with Crippen molar-refractivity contribution in [3.05, 3.63) is 65.7 Å². The van der Waals surface area contributed by atoms with Crippen LogP contribution in [0.25, 0.3) is 22.4 Å². The summed E-state index contributed by atoms with van der Waals surface area (Å²) in [6, 6.07) is 20.1. The van der Waals surface area contributed by atoms with E-state index in [0.29, 0.717) is 12.2 Å². The molecule has 0 saturated carbocycles. The van der Waals surface area contributed by atoms with Gasteiger partial charge in [0, 0.05) is 11.1 Å². The Morgan fingerprint density at radius 1 is 1.00 bits per heavy atom. The zero-order valence-corrected chi connectivity index (χ0v) is 15.7. The van der Waals surface area contributed by atoms with Gasteiger partial charge in [-0.25, -0.2) is 4.98 Å². The summed E-state index contributed by atoms with van der Waals surface area (Å²) in [5.41, 5.74) is 11.2. The maximum Gasteiger partial charge on any atom is 0.142 e. The highest BCUT2D eigenvalue weighted by Gasteiger charge is 2.13. The van der Waals surface area contributed by atoms with E-state index in [2.05, 4.69) is 42.2 Å². The molecule has 0 aliphatic carbocycles. The Kier molecular flexibility index (Phi) is 5.73. The predicted molar refractivity (Wildman–Crippen MR) is 109 cm³/mol. The fourth-order valence-electron chi connectivity index (χ4n) is 3.09. The van der Waals surface area contributed by atoms with Gasteiger partial charge < -0.3 is 10.5 Å². The van der Waals surface area contributed by atoms with Crippen LogP contribution in [0.4, 0.5) is 5.82 Å². The van der Waals surface area contributed by atoms with Gasteiger partial charge >= 0.3 is 0 Å². The number of aryl methyl sites for hydroxylation is 1. The van der Waals surface area contributed by atoms with E-state index >= 15 is 0 Å². The highest BCUT2D eigenvalue weighted by atomic mass is 16.5. The maximum absolute atomic E-state index is 9.56. The number of nitrogens with two attached hydrogens (primary N) is 1. The van der Waals surface area contributed by atoms with Gasteiger partial charge in [-0.15, -0.1) is 0 Å². The Balaban J connectivity index is 2.04. The van der Waals surface area contributed by atoms with Gasteiger partial charge in [0.05, 0.1) is 12.3 Å². The third-order valence-electron chi connectivity index (χ3n) is 4.42. The summed E-state index contributed by atoms with van der Waals surface area (Å²) in [5, 5.41) is 9.56. The minimum atomic E-state index is 0.247. The van der Waals surface area contributed by atoms with E-state index in [0.717, 1.165) is 41.0 Å². The molecule has 3 rings (SSSR count). The highest BCUT2D eigenvalue weighted by Crippen LogP contribution is 2.32. The van der Waals surface area contributed by atoms with E-state index in [-0.39, 0.29) is 5.82 Å². The summed E-state index contributed by atoms with van der Waals surface area (Å²) in [5.74, 6) is 1.05. The summed E-state index contributed by atoms with van der Waals surface area (Å²) in [4.78, 5) is 4.45. The highest BCUT2D eigenvalue weighted by molar-refractivity contribution is 5.80. The van der Waals surface area contributed by atoms with E-state index in [1.54, 1.807) is 0 Å². The lowest BCUT2D eigenvalue weighted by molar-refractivity contribution is 0.340. The molecular weight excluding hydrogens is 334 g/mol. The number of rotatable bonds is 6. The van der Waals surface area contributed by atoms with E-state index in [1.807, 2.05) is 37.3 Å². The van der Waals surface area contributed by atoms with Gasteiger partial charge in [0.15, 0.2) is 0 Å². The van der Waals surface area contributed by atoms with Crippen LogP contribution in [0.3, 0.4) is 0 Å². The van der Waals surface area contributed by atoms with Crippen LogP contribution >= 0.6 is 0 Å². The van der Waals surface area contributed by atoms with Crippen molar-refractivity contribution in [2.24, 2.45) is 0 Å². The van der Waals surface area contributed by atoms with Crippen molar-refractivity contribution in [1.29, 1.82) is 5.26 Å². The van der Waals surface area contributed by atoms with Gasteiger partial charge in [-0.05, 0) is 42.7 Å². The molecule has 0 unspecified atom stereocenters. The zero-order valence-electron chi connectivity index (χ0n) is 15.7. The van der Waals surface area contributed by atoms with Crippen molar-refractivity contribution in [1.82, 2.24) is 4.98 Å². The second-order valence-corrected chi connectivity index (χ2v) is 6.33. The van der Waals surface area contributed by atoms with Crippen LogP contribution in [0.2, 0.25) is 0 Å². The quantitative estimate of drug-likeness (QED) is 0.656. The largest absolute Gasteiger partial charge is 0.494 e. The standard InChI is InChI=1S/C23H23N3O/c1-3-5-16-6-8-18(9-7-16)22-14-20(21(15-24)23(25)26-22)17-10-12-19(13-11-17)27-4-2/h6-14H,3-5H2,1-2H3,(H2,25,26). The van der Waals surface area contributed by atoms with Gasteiger partial charge in [0.25, 0.3) is 0 Å². The van der Waals surface area contributed by atoms with Crippen LogP contribution in [-0.4, -0.2) is 11.6 Å². The van der Waals surface area contributed by atoms with Crippen LogP contribution < -0.4 is 10.5 Å². The molecule has 1 heterocycles. The van der Waals surface area contributed by atoms with Crippen molar-refractivity contribution in [3.8, 4) is 34.2 Å². The molecule has 0 radical (unpaired) electrons. The van der Waals surface area contributed by atoms with Crippen LogP contribution in [0.15, 0.2) is 54.6 Å². The second-order valence-electron chi connectivity index (χ2n) is 6.33. The summed E-state index contributed by atoms with van der Waals surface area (Å²) in [7, 11) is 0. The number of aromatic nitrogens is 1. The molecule has 0 spiro atoms. The molecule has 4 nitrogen and oxygen atoms in total. The van der Waals surface area contributed by atoms with Crippen LogP contribution in [0.1, 0.15) is 31.4 Å². The summed E-state index contributed by atoms with van der Waals surface area (Å²) in [6.07, 6.45) is 2.17. The van der Waals surface area contributed by atoms with Crippen LogP contribution in [0, 0.1) is 11.3 Å².